The second kappa shape index (κ2) is 5.49. The molecule has 3 heterocycles. The predicted octanol–water partition coefficient (Wildman–Crippen LogP) is 4.37. The van der Waals surface area contributed by atoms with Gasteiger partial charge in [0, 0.05) is 24.1 Å². The van der Waals surface area contributed by atoms with Crippen LogP contribution in [0.3, 0.4) is 0 Å². The fourth-order valence-electron chi connectivity index (χ4n) is 3.05. The molecule has 1 aliphatic rings. The Kier molecular flexibility index (Phi) is 3.57. The maximum atomic E-state index is 12.5. The number of hydrogen-bond acceptors (Lipinski definition) is 4. The van der Waals surface area contributed by atoms with Crippen LogP contribution in [0, 0.1) is 5.92 Å². The minimum atomic E-state index is -0.158. The van der Waals surface area contributed by atoms with Crippen LogP contribution in [-0.4, -0.2) is 15.5 Å². The van der Waals surface area contributed by atoms with Crippen LogP contribution < -0.4 is 5.32 Å². The number of halogens is 1. The Morgan fingerprint density at radius 3 is 3.13 bits per heavy atom. The number of carbonyl (C=O) groups is 1. The van der Waals surface area contributed by atoms with Gasteiger partial charge in [0.2, 0.25) is 0 Å². The molecule has 4 rings (SSSR count). The molecule has 7 heteroatoms. The van der Waals surface area contributed by atoms with Crippen molar-refractivity contribution >= 4 is 49.4 Å². The lowest BCUT2D eigenvalue weighted by Gasteiger charge is -2.15. The van der Waals surface area contributed by atoms with Gasteiger partial charge in [-0.2, -0.15) is 0 Å². The van der Waals surface area contributed by atoms with Gasteiger partial charge in [-0.05, 0) is 41.1 Å². The van der Waals surface area contributed by atoms with Gasteiger partial charge >= 0.3 is 0 Å². The van der Waals surface area contributed by atoms with Crippen LogP contribution in [-0.2, 0) is 19.9 Å². The van der Waals surface area contributed by atoms with Crippen molar-refractivity contribution in [2.75, 3.05) is 5.32 Å². The number of thiazole rings is 1. The fourth-order valence-corrected chi connectivity index (χ4v) is 4.61. The van der Waals surface area contributed by atoms with Gasteiger partial charge in [0.25, 0.3) is 5.91 Å². The van der Waals surface area contributed by atoms with Crippen LogP contribution in [0.4, 0.5) is 5.13 Å². The lowest BCUT2D eigenvalue weighted by Crippen LogP contribution is -2.15. The number of amides is 1. The van der Waals surface area contributed by atoms with E-state index in [-0.39, 0.29) is 5.91 Å². The molecule has 120 valence electrons. The van der Waals surface area contributed by atoms with E-state index < -0.39 is 0 Å². The van der Waals surface area contributed by atoms with Crippen molar-refractivity contribution in [3.63, 3.8) is 0 Å². The van der Waals surface area contributed by atoms with Crippen molar-refractivity contribution in [3.05, 3.63) is 33.1 Å². The lowest BCUT2D eigenvalue weighted by atomic mass is 9.93. The third-order valence-corrected chi connectivity index (χ3v) is 5.77. The summed E-state index contributed by atoms with van der Waals surface area (Å²) in [6, 6.07) is 3.61. The minimum absolute atomic E-state index is 0.158. The molecule has 0 saturated carbocycles. The van der Waals surface area contributed by atoms with Crippen molar-refractivity contribution in [1.29, 1.82) is 0 Å². The summed E-state index contributed by atoms with van der Waals surface area (Å²) in [6.07, 6.45) is 3.25. The Morgan fingerprint density at radius 1 is 1.52 bits per heavy atom. The summed E-state index contributed by atoms with van der Waals surface area (Å²) in [4.78, 5) is 18.4. The second-order valence-corrected chi connectivity index (χ2v) is 7.94. The molecular weight excluding hydrogens is 378 g/mol. The number of carbonyl (C=O) groups excluding carboxylic acids is 1. The first-order valence-corrected chi connectivity index (χ1v) is 9.17. The van der Waals surface area contributed by atoms with Gasteiger partial charge in [0.1, 0.15) is 5.69 Å². The van der Waals surface area contributed by atoms with Gasteiger partial charge in [-0.1, -0.05) is 6.92 Å². The van der Waals surface area contributed by atoms with E-state index in [0.29, 0.717) is 27.0 Å². The standard InChI is InChI=1S/C16H16BrN3O2S/c1-8-3-4-9-13(5-8)23-16(18-9)19-15(21)11-6-12-10(20(11)2)7-14(17)22-12/h6-8H,3-5H2,1-2H3,(H,18,19,21). The van der Waals surface area contributed by atoms with Crippen molar-refractivity contribution in [3.8, 4) is 0 Å². The van der Waals surface area contributed by atoms with Gasteiger partial charge in [-0.3, -0.25) is 10.1 Å². The number of aryl methyl sites for hydroxylation is 2. The highest BCUT2D eigenvalue weighted by Crippen LogP contribution is 2.32. The topological polar surface area (TPSA) is 60.1 Å². The summed E-state index contributed by atoms with van der Waals surface area (Å²) in [5, 5.41) is 3.62. The Balaban J connectivity index is 1.59. The molecule has 1 aliphatic carbocycles. The molecule has 3 aromatic rings. The van der Waals surface area contributed by atoms with E-state index in [2.05, 4.69) is 33.2 Å². The molecule has 5 nitrogen and oxygen atoms in total. The minimum Gasteiger partial charge on any atom is -0.448 e. The van der Waals surface area contributed by atoms with Gasteiger partial charge in [-0.25, -0.2) is 4.98 Å². The third kappa shape index (κ3) is 2.61. The Labute approximate surface area is 145 Å². The van der Waals surface area contributed by atoms with E-state index in [1.807, 2.05) is 17.7 Å². The molecule has 0 bridgehead atoms. The molecule has 0 radical (unpaired) electrons. The first-order valence-electron chi connectivity index (χ1n) is 7.56. The Morgan fingerprint density at radius 2 is 2.35 bits per heavy atom. The Bertz CT molecular complexity index is 908. The molecule has 1 unspecified atom stereocenters. The summed E-state index contributed by atoms with van der Waals surface area (Å²) < 4.78 is 8.00. The molecule has 0 saturated heterocycles. The summed E-state index contributed by atoms with van der Waals surface area (Å²) >= 11 is 4.90. The zero-order valence-electron chi connectivity index (χ0n) is 12.9. The highest BCUT2D eigenvalue weighted by Gasteiger charge is 2.22. The maximum Gasteiger partial charge on any atom is 0.274 e. The normalized spacial score (nSPS) is 17.4. The van der Waals surface area contributed by atoms with E-state index >= 15 is 0 Å². The highest BCUT2D eigenvalue weighted by molar-refractivity contribution is 9.10. The second-order valence-electron chi connectivity index (χ2n) is 6.08. The van der Waals surface area contributed by atoms with Crippen LogP contribution in [0.25, 0.3) is 11.1 Å². The molecule has 0 aromatic carbocycles. The number of rotatable bonds is 2. The highest BCUT2D eigenvalue weighted by atomic mass is 79.9. The fraction of sp³-hybridized carbons (Fsp3) is 0.375. The van der Waals surface area contributed by atoms with E-state index in [1.165, 1.54) is 11.3 Å². The van der Waals surface area contributed by atoms with Crippen molar-refractivity contribution < 1.29 is 9.21 Å². The molecule has 1 N–H and O–H groups in total. The smallest absolute Gasteiger partial charge is 0.274 e. The van der Waals surface area contributed by atoms with E-state index in [4.69, 9.17) is 4.42 Å². The Hall–Kier alpha value is -1.60. The molecule has 3 aromatic heterocycles. The number of nitrogens with zero attached hydrogens (tertiary/aromatic N) is 2. The quantitative estimate of drug-likeness (QED) is 0.702. The molecule has 1 amide bonds. The molecule has 1 atom stereocenters. The number of hydrogen-bond donors (Lipinski definition) is 1. The number of fused-ring (bicyclic) bond motifs is 2. The van der Waals surface area contributed by atoms with E-state index in [0.717, 1.165) is 24.1 Å². The molecule has 0 aliphatic heterocycles. The number of anilines is 1. The average Bonchev–Trinajstić information content (AvgIpc) is 3.13. The van der Waals surface area contributed by atoms with Gasteiger partial charge < -0.3 is 8.98 Å². The zero-order chi connectivity index (χ0) is 16.1. The lowest BCUT2D eigenvalue weighted by molar-refractivity contribution is 0.101. The van der Waals surface area contributed by atoms with Gasteiger partial charge in [-0.15, -0.1) is 11.3 Å². The van der Waals surface area contributed by atoms with E-state index in [1.54, 1.807) is 17.4 Å². The van der Waals surface area contributed by atoms with E-state index in [9.17, 15) is 4.79 Å². The third-order valence-electron chi connectivity index (χ3n) is 4.34. The number of nitrogens with one attached hydrogen (secondary N) is 1. The maximum absolute atomic E-state index is 12.5. The summed E-state index contributed by atoms with van der Waals surface area (Å²) in [7, 11) is 1.85. The van der Waals surface area contributed by atoms with Crippen molar-refractivity contribution in [2.45, 2.75) is 26.2 Å². The van der Waals surface area contributed by atoms with Crippen LogP contribution in [0.1, 0.15) is 34.4 Å². The number of aromatic nitrogens is 2. The summed E-state index contributed by atoms with van der Waals surface area (Å²) in [5.74, 6) is 0.541. The molecular formula is C16H16BrN3O2S. The average molecular weight is 394 g/mol. The molecule has 0 fully saturated rings. The summed E-state index contributed by atoms with van der Waals surface area (Å²) in [6.45, 7) is 2.26. The van der Waals surface area contributed by atoms with Crippen LogP contribution in [0.2, 0.25) is 0 Å². The zero-order valence-corrected chi connectivity index (χ0v) is 15.3. The van der Waals surface area contributed by atoms with Crippen LogP contribution >= 0.6 is 27.3 Å². The molecule has 0 spiro atoms. The van der Waals surface area contributed by atoms with Gasteiger partial charge in [0.05, 0.1) is 11.2 Å². The number of furan rings is 1. The van der Waals surface area contributed by atoms with Crippen molar-refractivity contribution in [1.82, 2.24) is 9.55 Å². The summed E-state index contributed by atoms with van der Waals surface area (Å²) in [5.41, 5.74) is 3.28. The SMILES string of the molecule is CC1CCc2nc(NC(=O)c3cc4oc(Br)cc4n3C)sc2C1. The first-order chi connectivity index (χ1) is 11.0. The molecule has 23 heavy (non-hydrogen) atoms. The predicted molar refractivity (Wildman–Crippen MR) is 94.1 cm³/mol. The van der Waals surface area contributed by atoms with Crippen LogP contribution in [0.15, 0.2) is 21.2 Å². The monoisotopic (exact) mass is 393 g/mol. The van der Waals surface area contributed by atoms with Crippen LogP contribution in [0.5, 0.6) is 0 Å². The van der Waals surface area contributed by atoms with Gasteiger partial charge in [0.15, 0.2) is 15.4 Å². The first kappa shape index (κ1) is 15.0. The largest absolute Gasteiger partial charge is 0.448 e. The van der Waals surface area contributed by atoms with Crippen molar-refractivity contribution in [2.24, 2.45) is 13.0 Å².